The number of aryl methyl sites for hydroxylation is 2. The average Bonchev–Trinajstić information content (AvgIpc) is 3.09. The molecule has 0 fully saturated rings. The predicted octanol–water partition coefficient (Wildman–Crippen LogP) is 8.00. The van der Waals surface area contributed by atoms with Crippen molar-refractivity contribution in [2.45, 2.75) is 86.2 Å². The van der Waals surface area contributed by atoms with Crippen molar-refractivity contribution in [3.63, 3.8) is 0 Å². The molecular weight excluding hydrogens is 713 g/mol. The Morgan fingerprint density at radius 3 is 2.04 bits per heavy atom. The molecule has 3 aromatic carbocycles. The topological polar surface area (TPSA) is 181 Å². The van der Waals surface area contributed by atoms with Crippen LogP contribution in [0.5, 0.6) is 0 Å². The van der Waals surface area contributed by atoms with Crippen molar-refractivity contribution in [2.75, 3.05) is 35.4 Å². The first kappa shape index (κ1) is 43.9. The minimum absolute atomic E-state index is 0.0142. The second-order valence-electron chi connectivity index (χ2n) is 14.2. The van der Waals surface area contributed by atoms with Crippen LogP contribution in [0.3, 0.4) is 0 Å². The Bertz CT molecular complexity index is 1750. The van der Waals surface area contributed by atoms with Crippen LogP contribution in [0.2, 0.25) is 0 Å². The van der Waals surface area contributed by atoms with Gasteiger partial charge in [0.15, 0.2) is 5.78 Å². The number of rotatable bonds is 20. The Morgan fingerprint density at radius 2 is 1.46 bits per heavy atom. The number of ketones is 1. The van der Waals surface area contributed by atoms with E-state index < -0.39 is 38.4 Å². The van der Waals surface area contributed by atoms with E-state index in [1.807, 2.05) is 56.3 Å². The quantitative estimate of drug-likeness (QED) is 0.0497. The molecule has 3 aromatic rings. The van der Waals surface area contributed by atoms with Crippen molar-refractivity contribution in [1.82, 2.24) is 0 Å². The molecule has 2 atom stereocenters. The van der Waals surface area contributed by atoms with Gasteiger partial charge in [-0.15, -0.1) is 0 Å². The van der Waals surface area contributed by atoms with Crippen molar-refractivity contribution in [3.05, 3.63) is 89.0 Å². The fraction of sp³-hybridized carbons (Fsp3) is 0.450. The lowest BCUT2D eigenvalue weighted by Crippen LogP contribution is -2.32. The zero-order chi connectivity index (χ0) is 40.0. The highest BCUT2D eigenvalue weighted by molar-refractivity contribution is 7.46. The molecule has 0 aliphatic rings. The van der Waals surface area contributed by atoms with E-state index in [2.05, 4.69) is 47.8 Å². The van der Waals surface area contributed by atoms with Crippen molar-refractivity contribution < 1.29 is 47.5 Å². The zero-order valence-electron chi connectivity index (χ0n) is 32.2. The van der Waals surface area contributed by atoms with Crippen LogP contribution >= 0.6 is 7.82 Å². The van der Waals surface area contributed by atoms with Gasteiger partial charge in [-0.2, -0.15) is 0 Å². The molecule has 3 rings (SSSR count). The van der Waals surface area contributed by atoms with Crippen LogP contribution in [0, 0.1) is 18.8 Å². The van der Waals surface area contributed by atoms with Crippen LogP contribution in [0.4, 0.5) is 21.9 Å². The van der Waals surface area contributed by atoms with Gasteiger partial charge in [-0.3, -0.25) is 14.1 Å². The van der Waals surface area contributed by atoms with Gasteiger partial charge in [0.25, 0.3) is 0 Å². The molecule has 4 N–H and O–H groups in total. The van der Waals surface area contributed by atoms with Crippen LogP contribution in [-0.4, -0.2) is 59.5 Å². The number of Topliss-reactive ketones (excluding diaryl/α,β-unsaturated/α-hetero) is 1. The van der Waals surface area contributed by atoms with Crippen LogP contribution in [0.15, 0.2) is 66.7 Å². The molecule has 14 heteroatoms. The van der Waals surface area contributed by atoms with E-state index in [4.69, 9.17) is 19.3 Å². The maximum absolute atomic E-state index is 13.2. The van der Waals surface area contributed by atoms with Crippen molar-refractivity contribution in [2.24, 2.45) is 11.8 Å². The number of phosphoric ester groups is 1. The molecule has 0 spiro atoms. The number of ether oxygens (including phenoxy) is 2. The van der Waals surface area contributed by atoms with Gasteiger partial charge < -0.3 is 34.8 Å². The lowest BCUT2D eigenvalue weighted by Gasteiger charge is -2.31. The van der Waals surface area contributed by atoms with Crippen molar-refractivity contribution in [3.8, 4) is 0 Å². The Labute approximate surface area is 318 Å². The van der Waals surface area contributed by atoms with Gasteiger partial charge in [-0.25, -0.2) is 14.2 Å². The second-order valence-corrected chi connectivity index (χ2v) is 15.4. The van der Waals surface area contributed by atoms with Crippen LogP contribution in [0.1, 0.15) is 93.8 Å². The highest BCUT2D eigenvalue weighted by Crippen LogP contribution is 2.38. The molecule has 294 valence electrons. The number of hydrogen-bond donors (Lipinski definition) is 4. The average molecular weight is 768 g/mol. The molecule has 2 amide bonds. The third-order valence-corrected chi connectivity index (χ3v) is 9.07. The number of esters is 2. The summed E-state index contributed by atoms with van der Waals surface area (Å²) in [7, 11) is -4.78. The van der Waals surface area contributed by atoms with Gasteiger partial charge in [0, 0.05) is 25.2 Å². The zero-order valence-corrected chi connectivity index (χ0v) is 33.1. The standard InChI is InChI=1S/C40H54N3O10P/c1-8-31(22-38(45)51-25-52-39(46)32-14-11-30(12-15-32)13-20-37(44)29(7)53-54(48,49)50)33-16-19-36(43(23-26(2)3)24-27(4)5)35(21-33)42-40(47)41-34-17-9-28(6)10-18-34/h9-12,14-19,21,26-27,29,31H,8,13,20,22-25H2,1-7H3,(H2,41,42,47)(H2,48,49,50)/t29-,31-/m0/s1. The van der Waals surface area contributed by atoms with E-state index in [0.717, 1.165) is 29.9 Å². The largest absolute Gasteiger partial charge is 0.470 e. The van der Waals surface area contributed by atoms with E-state index in [9.17, 15) is 23.7 Å². The number of urea groups is 1. The third kappa shape index (κ3) is 15.1. The molecule has 0 aliphatic heterocycles. The molecule has 0 bridgehead atoms. The van der Waals surface area contributed by atoms with Crippen LogP contribution < -0.4 is 15.5 Å². The highest BCUT2D eigenvalue weighted by Gasteiger charge is 2.24. The molecule has 0 aliphatic carbocycles. The molecule has 0 aromatic heterocycles. The smallest absolute Gasteiger partial charge is 0.428 e. The number of phosphoric acid groups is 1. The minimum Gasteiger partial charge on any atom is -0.428 e. The Hall–Kier alpha value is -4.55. The molecule has 0 saturated carbocycles. The summed E-state index contributed by atoms with van der Waals surface area (Å²) in [4.78, 5) is 70.9. The molecule has 0 heterocycles. The number of carbonyl (C=O) groups is 4. The molecule has 0 unspecified atom stereocenters. The van der Waals surface area contributed by atoms with E-state index in [-0.39, 0.29) is 36.8 Å². The maximum Gasteiger partial charge on any atom is 0.470 e. The number of carbonyl (C=O) groups excluding carboxylic acids is 4. The van der Waals surface area contributed by atoms with E-state index in [1.165, 1.54) is 19.1 Å². The van der Waals surface area contributed by atoms with Gasteiger partial charge in [0.2, 0.25) is 6.79 Å². The summed E-state index contributed by atoms with van der Waals surface area (Å²) >= 11 is 0. The lowest BCUT2D eigenvalue weighted by molar-refractivity contribution is -0.152. The summed E-state index contributed by atoms with van der Waals surface area (Å²) < 4.78 is 25.8. The normalized spacial score (nSPS) is 12.6. The first-order chi connectivity index (χ1) is 25.4. The summed E-state index contributed by atoms with van der Waals surface area (Å²) in [6.07, 6.45) is -0.365. The number of benzene rings is 3. The maximum atomic E-state index is 13.2. The first-order valence-corrected chi connectivity index (χ1v) is 19.7. The van der Waals surface area contributed by atoms with E-state index in [0.29, 0.717) is 35.2 Å². The second kappa shape index (κ2) is 20.8. The number of nitrogens with one attached hydrogen (secondary N) is 2. The van der Waals surface area contributed by atoms with E-state index in [1.54, 1.807) is 12.1 Å². The van der Waals surface area contributed by atoms with Crippen LogP contribution in [-0.2, 0) is 34.6 Å². The summed E-state index contributed by atoms with van der Waals surface area (Å²) in [5.74, 6) is -1.21. The number of anilines is 3. The number of hydrogen-bond acceptors (Lipinski definition) is 9. The summed E-state index contributed by atoms with van der Waals surface area (Å²) in [5.41, 5.74) is 5.03. The van der Waals surface area contributed by atoms with Crippen molar-refractivity contribution in [1.29, 1.82) is 0 Å². The minimum atomic E-state index is -4.78. The SMILES string of the molecule is CC[C@@H](CC(=O)OCOC(=O)c1ccc(CCC(=O)[C@H](C)OP(=O)(O)O)cc1)c1ccc(N(CC(C)C)CC(C)C)c(NC(=O)Nc2ccc(C)cc2)c1. The van der Waals surface area contributed by atoms with Crippen molar-refractivity contribution >= 4 is 48.6 Å². The van der Waals surface area contributed by atoms with Gasteiger partial charge in [-0.05, 0) is 92.0 Å². The molecular formula is C40H54N3O10P. The number of nitrogens with zero attached hydrogens (tertiary/aromatic N) is 1. The fourth-order valence-corrected chi connectivity index (χ4v) is 6.32. The predicted molar refractivity (Wildman–Crippen MR) is 209 cm³/mol. The van der Waals surface area contributed by atoms with Gasteiger partial charge in [0.1, 0.15) is 6.10 Å². The fourth-order valence-electron chi connectivity index (χ4n) is 5.79. The Kier molecular flexibility index (Phi) is 16.9. The molecule has 0 radical (unpaired) electrons. The van der Waals surface area contributed by atoms with Gasteiger partial charge >= 0.3 is 25.8 Å². The highest BCUT2D eigenvalue weighted by atomic mass is 31.2. The molecule has 54 heavy (non-hydrogen) atoms. The first-order valence-electron chi connectivity index (χ1n) is 18.2. The lowest BCUT2D eigenvalue weighted by atomic mass is 9.92. The molecule has 13 nitrogen and oxygen atoms in total. The number of amides is 2. The summed E-state index contributed by atoms with van der Waals surface area (Å²) in [6, 6.07) is 19.3. The Morgan fingerprint density at radius 1 is 0.833 bits per heavy atom. The molecule has 0 saturated heterocycles. The monoisotopic (exact) mass is 767 g/mol. The summed E-state index contributed by atoms with van der Waals surface area (Å²) in [5, 5.41) is 5.96. The van der Waals surface area contributed by atoms with Gasteiger partial charge in [-0.1, -0.05) is 70.5 Å². The summed E-state index contributed by atoms with van der Waals surface area (Å²) in [6.45, 7) is 14.8. The van der Waals surface area contributed by atoms with E-state index >= 15 is 0 Å². The third-order valence-electron chi connectivity index (χ3n) is 8.48. The van der Waals surface area contributed by atoms with Gasteiger partial charge in [0.05, 0.1) is 23.4 Å². The Balaban J connectivity index is 1.63. The van der Waals surface area contributed by atoms with Crippen LogP contribution in [0.25, 0.3) is 0 Å².